The number of hydrogen-bond acceptors (Lipinski definition) is 2. The quantitative estimate of drug-likeness (QED) is 0.500. The lowest BCUT2D eigenvalue weighted by Crippen LogP contribution is -1.95. The fourth-order valence-corrected chi connectivity index (χ4v) is 1.08. The minimum atomic E-state index is -0.408. The van der Waals surface area contributed by atoms with E-state index < -0.39 is 5.82 Å². The Morgan fingerprint density at radius 2 is 2.00 bits per heavy atom. The Balaban J connectivity index is 3.28. The number of phenols is 1. The van der Waals surface area contributed by atoms with Crippen molar-refractivity contribution in [3.8, 4) is 5.75 Å². The Morgan fingerprint density at radius 3 is 2.50 bits per heavy atom. The highest BCUT2D eigenvalue weighted by atomic mass is 19.1. The van der Waals surface area contributed by atoms with E-state index in [1.165, 1.54) is 6.07 Å². The van der Waals surface area contributed by atoms with Gasteiger partial charge in [0.1, 0.15) is 11.6 Å². The van der Waals surface area contributed by atoms with E-state index in [9.17, 15) is 9.50 Å². The summed E-state index contributed by atoms with van der Waals surface area (Å²) in [6.45, 7) is 3.74. The Morgan fingerprint density at radius 1 is 1.42 bits per heavy atom. The number of nitrogens with two attached hydrogens (primary N) is 1. The van der Waals surface area contributed by atoms with Crippen molar-refractivity contribution in [3.05, 3.63) is 23.5 Å². The van der Waals surface area contributed by atoms with E-state index in [0.29, 0.717) is 5.56 Å². The smallest absolute Gasteiger partial charge is 0.142 e. The van der Waals surface area contributed by atoms with Crippen LogP contribution < -0.4 is 5.73 Å². The van der Waals surface area contributed by atoms with Crippen LogP contribution in [0.1, 0.15) is 25.3 Å². The van der Waals surface area contributed by atoms with E-state index in [4.69, 9.17) is 5.73 Å². The summed E-state index contributed by atoms with van der Waals surface area (Å²) in [5, 5.41) is 9.40. The van der Waals surface area contributed by atoms with Gasteiger partial charge in [-0.05, 0) is 12.0 Å². The molecule has 0 aromatic heterocycles. The van der Waals surface area contributed by atoms with Crippen LogP contribution in [0.2, 0.25) is 0 Å². The molecule has 2 nitrogen and oxygen atoms in total. The summed E-state index contributed by atoms with van der Waals surface area (Å²) in [6.07, 6.45) is 0. The predicted octanol–water partition coefficient (Wildman–Crippen LogP) is 2.24. The molecule has 0 saturated carbocycles. The molecule has 0 aliphatic heterocycles. The van der Waals surface area contributed by atoms with E-state index in [0.717, 1.165) is 6.07 Å². The molecule has 0 fully saturated rings. The first kappa shape index (κ1) is 8.84. The fraction of sp³-hybridized carbons (Fsp3) is 0.333. The lowest BCUT2D eigenvalue weighted by atomic mass is 10.0. The second kappa shape index (κ2) is 3.01. The largest absolute Gasteiger partial charge is 0.505 e. The molecule has 1 rings (SSSR count). The normalized spacial score (nSPS) is 10.7. The zero-order valence-electron chi connectivity index (χ0n) is 7.13. The van der Waals surface area contributed by atoms with E-state index in [1.807, 2.05) is 13.8 Å². The van der Waals surface area contributed by atoms with Gasteiger partial charge in [0.25, 0.3) is 0 Å². The third-order valence-corrected chi connectivity index (χ3v) is 1.76. The number of anilines is 1. The molecule has 0 spiro atoms. The van der Waals surface area contributed by atoms with Crippen molar-refractivity contribution in [2.24, 2.45) is 0 Å². The molecule has 66 valence electrons. The van der Waals surface area contributed by atoms with Gasteiger partial charge in [0.15, 0.2) is 0 Å². The van der Waals surface area contributed by atoms with Crippen LogP contribution in [0, 0.1) is 5.82 Å². The van der Waals surface area contributed by atoms with E-state index in [1.54, 1.807) is 0 Å². The van der Waals surface area contributed by atoms with E-state index >= 15 is 0 Å². The molecule has 0 aliphatic carbocycles. The Labute approximate surface area is 70.8 Å². The van der Waals surface area contributed by atoms with Gasteiger partial charge in [0.2, 0.25) is 0 Å². The molecular weight excluding hydrogens is 157 g/mol. The lowest BCUT2D eigenvalue weighted by molar-refractivity contribution is 0.465. The molecule has 12 heavy (non-hydrogen) atoms. The van der Waals surface area contributed by atoms with Crippen LogP contribution in [0.4, 0.5) is 10.1 Å². The van der Waals surface area contributed by atoms with Crippen molar-refractivity contribution in [3.63, 3.8) is 0 Å². The summed E-state index contributed by atoms with van der Waals surface area (Å²) >= 11 is 0. The highest BCUT2D eigenvalue weighted by Crippen LogP contribution is 2.31. The number of phenolic OH excluding ortho intramolecular Hbond substituents is 1. The third kappa shape index (κ3) is 1.49. The van der Waals surface area contributed by atoms with Crippen molar-refractivity contribution in [1.29, 1.82) is 0 Å². The zero-order chi connectivity index (χ0) is 9.30. The summed E-state index contributed by atoms with van der Waals surface area (Å²) in [5.41, 5.74) is 6.01. The Hall–Kier alpha value is -1.25. The van der Waals surface area contributed by atoms with Gasteiger partial charge in [-0.3, -0.25) is 0 Å². The highest BCUT2D eigenvalue weighted by molar-refractivity contribution is 5.56. The maximum atomic E-state index is 12.8. The molecule has 1 aromatic rings. The number of aromatic hydroxyl groups is 1. The molecule has 0 atom stereocenters. The highest BCUT2D eigenvalue weighted by Gasteiger charge is 2.10. The van der Waals surface area contributed by atoms with E-state index in [2.05, 4.69) is 0 Å². The second-order valence-electron chi connectivity index (χ2n) is 3.09. The van der Waals surface area contributed by atoms with Gasteiger partial charge in [-0.25, -0.2) is 4.39 Å². The summed E-state index contributed by atoms with van der Waals surface area (Å²) in [4.78, 5) is 0. The number of nitrogen functional groups attached to an aromatic ring is 1. The van der Waals surface area contributed by atoms with E-state index in [-0.39, 0.29) is 17.4 Å². The molecular formula is C9H12FNO. The maximum absolute atomic E-state index is 12.8. The number of hydrogen-bond donors (Lipinski definition) is 2. The molecule has 0 bridgehead atoms. The number of halogens is 1. The van der Waals surface area contributed by atoms with Gasteiger partial charge in [0.05, 0.1) is 5.69 Å². The predicted molar refractivity (Wildman–Crippen MR) is 46.6 cm³/mol. The summed E-state index contributed by atoms with van der Waals surface area (Å²) in [7, 11) is 0. The van der Waals surface area contributed by atoms with Gasteiger partial charge < -0.3 is 10.8 Å². The molecule has 3 N–H and O–H groups in total. The topological polar surface area (TPSA) is 46.2 Å². The van der Waals surface area contributed by atoms with Crippen LogP contribution >= 0.6 is 0 Å². The monoisotopic (exact) mass is 169 g/mol. The molecule has 0 radical (unpaired) electrons. The van der Waals surface area contributed by atoms with Crippen LogP contribution in [-0.4, -0.2) is 5.11 Å². The van der Waals surface area contributed by atoms with Crippen LogP contribution in [0.25, 0.3) is 0 Å². The van der Waals surface area contributed by atoms with Crippen LogP contribution in [0.15, 0.2) is 12.1 Å². The first-order valence-corrected chi connectivity index (χ1v) is 3.80. The maximum Gasteiger partial charge on any atom is 0.142 e. The zero-order valence-corrected chi connectivity index (χ0v) is 7.13. The van der Waals surface area contributed by atoms with Gasteiger partial charge >= 0.3 is 0 Å². The Bertz CT molecular complexity index is 297. The van der Waals surface area contributed by atoms with Crippen molar-refractivity contribution >= 4 is 5.69 Å². The molecule has 0 amide bonds. The summed E-state index contributed by atoms with van der Waals surface area (Å²) in [5.74, 6) is -0.344. The van der Waals surface area contributed by atoms with Crippen LogP contribution in [0.3, 0.4) is 0 Å². The summed E-state index contributed by atoms with van der Waals surface area (Å²) < 4.78 is 12.8. The van der Waals surface area contributed by atoms with Gasteiger partial charge in [-0.1, -0.05) is 13.8 Å². The average Bonchev–Trinajstić information content (AvgIpc) is 1.96. The molecule has 1 aromatic carbocycles. The molecule has 0 saturated heterocycles. The van der Waals surface area contributed by atoms with Crippen molar-refractivity contribution in [2.45, 2.75) is 19.8 Å². The van der Waals surface area contributed by atoms with Gasteiger partial charge in [-0.15, -0.1) is 0 Å². The van der Waals surface area contributed by atoms with Gasteiger partial charge in [0, 0.05) is 11.6 Å². The van der Waals surface area contributed by atoms with Crippen molar-refractivity contribution in [2.75, 3.05) is 5.73 Å². The minimum absolute atomic E-state index is 0.00796. The number of benzene rings is 1. The molecule has 0 aliphatic rings. The fourth-order valence-electron chi connectivity index (χ4n) is 1.08. The number of rotatable bonds is 1. The first-order chi connectivity index (χ1) is 5.52. The van der Waals surface area contributed by atoms with Crippen LogP contribution in [-0.2, 0) is 0 Å². The van der Waals surface area contributed by atoms with Crippen LogP contribution in [0.5, 0.6) is 5.75 Å². The van der Waals surface area contributed by atoms with Crippen molar-refractivity contribution < 1.29 is 9.50 Å². The first-order valence-electron chi connectivity index (χ1n) is 3.80. The van der Waals surface area contributed by atoms with Crippen molar-refractivity contribution in [1.82, 2.24) is 0 Å². The lowest BCUT2D eigenvalue weighted by Gasteiger charge is -2.09. The second-order valence-corrected chi connectivity index (χ2v) is 3.09. The minimum Gasteiger partial charge on any atom is -0.505 e. The Kier molecular flexibility index (Phi) is 2.22. The molecule has 0 heterocycles. The summed E-state index contributed by atoms with van der Waals surface area (Å²) in [6, 6.07) is 2.41. The molecule has 3 heteroatoms. The third-order valence-electron chi connectivity index (χ3n) is 1.76. The standard InChI is InChI=1S/C9H12FNO/c1-5(2)7-3-6(10)4-8(11)9(7)12/h3-5,12H,11H2,1-2H3. The molecule has 0 unspecified atom stereocenters. The average molecular weight is 169 g/mol. The van der Waals surface area contributed by atoms with Gasteiger partial charge in [-0.2, -0.15) is 0 Å². The SMILES string of the molecule is CC(C)c1cc(F)cc(N)c1O.